The summed E-state index contributed by atoms with van der Waals surface area (Å²) < 4.78 is 45.3. The van der Waals surface area contributed by atoms with Crippen LogP contribution in [0.15, 0.2) is 54.0 Å². The number of carbonyl (C=O) groups is 1. The third-order valence-electron chi connectivity index (χ3n) is 4.90. The van der Waals surface area contributed by atoms with Crippen LogP contribution in [0.3, 0.4) is 0 Å². The molecule has 0 saturated heterocycles. The second-order valence-corrected chi connectivity index (χ2v) is 9.03. The zero-order valence-electron chi connectivity index (χ0n) is 18.7. The van der Waals surface area contributed by atoms with Crippen LogP contribution in [0.2, 0.25) is 0 Å². The van der Waals surface area contributed by atoms with Gasteiger partial charge in [-0.05, 0) is 35.9 Å². The maximum Gasteiger partial charge on any atom is 0.387 e. The summed E-state index contributed by atoms with van der Waals surface area (Å²) in [5.74, 6) is -1.73. The minimum absolute atomic E-state index is 0.0470. The molecule has 11 heteroatoms. The number of hydrogen-bond acceptors (Lipinski definition) is 6. The molecule has 0 bridgehead atoms. The standard InChI is InChI=1S/C24H21F3N4O3S/c1-13(2)6-16-11-21(30-31(16)17-8-15(25)9-18(10-17)34-24(26)27)29-22-19(23(32)33)7-14(12-28-22)20-4-3-5-35-20/h3-5,7-13,24H,6H2,1-2H3,(H,32,33)(H,28,29,30). The highest BCUT2D eigenvalue weighted by atomic mass is 32.1. The van der Waals surface area contributed by atoms with E-state index in [1.165, 1.54) is 28.2 Å². The van der Waals surface area contributed by atoms with Crippen molar-refractivity contribution in [3.63, 3.8) is 0 Å². The number of aromatic nitrogens is 3. The third kappa shape index (κ3) is 5.80. The van der Waals surface area contributed by atoms with Crippen LogP contribution in [-0.4, -0.2) is 32.5 Å². The quantitative estimate of drug-likeness (QED) is 0.276. The predicted molar refractivity (Wildman–Crippen MR) is 126 cm³/mol. The zero-order chi connectivity index (χ0) is 25.1. The van der Waals surface area contributed by atoms with Crippen molar-refractivity contribution in [3.05, 3.63) is 71.1 Å². The monoisotopic (exact) mass is 502 g/mol. The number of benzene rings is 1. The Kier molecular flexibility index (Phi) is 7.06. The number of rotatable bonds is 9. The second-order valence-electron chi connectivity index (χ2n) is 8.08. The van der Waals surface area contributed by atoms with Gasteiger partial charge in [0.05, 0.1) is 5.69 Å². The summed E-state index contributed by atoms with van der Waals surface area (Å²) >= 11 is 1.46. The van der Waals surface area contributed by atoms with E-state index >= 15 is 0 Å². The van der Waals surface area contributed by atoms with E-state index < -0.39 is 18.4 Å². The normalized spacial score (nSPS) is 11.3. The Bertz CT molecular complexity index is 1340. The average molecular weight is 503 g/mol. The number of nitrogens with zero attached hydrogens (tertiary/aromatic N) is 3. The van der Waals surface area contributed by atoms with E-state index in [9.17, 15) is 23.1 Å². The van der Waals surface area contributed by atoms with Gasteiger partial charge in [0.15, 0.2) is 5.82 Å². The van der Waals surface area contributed by atoms with Gasteiger partial charge in [0.2, 0.25) is 0 Å². The van der Waals surface area contributed by atoms with Crippen LogP contribution in [0.1, 0.15) is 29.9 Å². The molecule has 4 aromatic rings. The fraction of sp³-hybridized carbons (Fsp3) is 0.208. The largest absolute Gasteiger partial charge is 0.478 e. The van der Waals surface area contributed by atoms with E-state index in [1.807, 2.05) is 31.4 Å². The van der Waals surface area contributed by atoms with Crippen LogP contribution in [-0.2, 0) is 6.42 Å². The molecule has 0 unspecified atom stereocenters. The molecule has 0 aliphatic carbocycles. The number of anilines is 2. The fourth-order valence-corrected chi connectivity index (χ4v) is 4.24. The number of aromatic carboxylic acids is 1. The number of pyridine rings is 1. The number of alkyl halides is 2. The molecule has 0 fully saturated rings. The van der Waals surface area contributed by atoms with Crippen molar-refractivity contribution in [1.82, 2.24) is 14.8 Å². The number of nitrogens with one attached hydrogen (secondary N) is 1. The van der Waals surface area contributed by atoms with Crippen molar-refractivity contribution >= 4 is 28.9 Å². The van der Waals surface area contributed by atoms with Gasteiger partial charge >= 0.3 is 12.6 Å². The Morgan fingerprint density at radius 3 is 2.69 bits per heavy atom. The van der Waals surface area contributed by atoms with Gasteiger partial charge in [-0.1, -0.05) is 19.9 Å². The molecule has 7 nitrogen and oxygen atoms in total. The Balaban J connectivity index is 1.72. The molecule has 2 N–H and O–H groups in total. The van der Waals surface area contributed by atoms with Crippen molar-refractivity contribution in [2.45, 2.75) is 26.9 Å². The van der Waals surface area contributed by atoms with Crippen LogP contribution in [0.25, 0.3) is 16.1 Å². The SMILES string of the molecule is CC(C)Cc1cc(Nc2ncc(-c3cccs3)cc2C(=O)O)nn1-c1cc(F)cc(OC(F)F)c1. The highest BCUT2D eigenvalue weighted by Crippen LogP contribution is 2.29. The minimum atomic E-state index is -3.10. The first-order valence-corrected chi connectivity index (χ1v) is 11.5. The van der Waals surface area contributed by atoms with E-state index in [2.05, 4.69) is 20.1 Å². The molecule has 0 atom stereocenters. The van der Waals surface area contributed by atoms with Crippen molar-refractivity contribution in [1.29, 1.82) is 0 Å². The Morgan fingerprint density at radius 2 is 2.03 bits per heavy atom. The smallest absolute Gasteiger partial charge is 0.387 e. The zero-order valence-corrected chi connectivity index (χ0v) is 19.5. The minimum Gasteiger partial charge on any atom is -0.478 e. The van der Waals surface area contributed by atoms with Crippen molar-refractivity contribution < 1.29 is 27.8 Å². The summed E-state index contributed by atoms with van der Waals surface area (Å²) in [5, 5.41) is 19.0. The van der Waals surface area contributed by atoms with Crippen molar-refractivity contribution in [2.24, 2.45) is 5.92 Å². The molecule has 0 saturated carbocycles. The topological polar surface area (TPSA) is 89.3 Å². The van der Waals surface area contributed by atoms with E-state index in [1.54, 1.807) is 12.3 Å². The first-order chi connectivity index (χ1) is 16.7. The van der Waals surface area contributed by atoms with Crippen LogP contribution >= 0.6 is 11.3 Å². The predicted octanol–water partition coefficient (Wildman–Crippen LogP) is 6.38. The molecule has 0 aliphatic heterocycles. The van der Waals surface area contributed by atoms with Crippen LogP contribution < -0.4 is 10.1 Å². The van der Waals surface area contributed by atoms with E-state index in [0.29, 0.717) is 17.7 Å². The van der Waals surface area contributed by atoms with E-state index in [4.69, 9.17) is 0 Å². The molecule has 35 heavy (non-hydrogen) atoms. The second kappa shape index (κ2) is 10.2. The molecule has 0 radical (unpaired) electrons. The average Bonchev–Trinajstić information content (AvgIpc) is 3.43. The summed E-state index contributed by atoms with van der Waals surface area (Å²) in [5.41, 5.74) is 1.46. The maximum absolute atomic E-state index is 14.2. The molecule has 1 aromatic carbocycles. The van der Waals surface area contributed by atoms with Gasteiger partial charge in [-0.2, -0.15) is 8.78 Å². The van der Waals surface area contributed by atoms with Crippen molar-refractivity contribution in [3.8, 4) is 21.9 Å². The van der Waals surface area contributed by atoms with Crippen LogP contribution in [0.5, 0.6) is 5.75 Å². The molecule has 182 valence electrons. The molecule has 0 spiro atoms. The summed E-state index contributed by atoms with van der Waals surface area (Å²) in [4.78, 5) is 17.1. The first-order valence-electron chi connectivity index (χ1n) is 10.6. The Hall–Kier alpha value is -3.86. The van der Waals surface area contributed by atoms with Gasteiger partial charge in [-0.3, -0.25) is 0 Å². The lowest BCUT2D eigenvalue weighted by Gasteiger charge is -2.11. The van der Waals surface area contributed by atoms with E-state index in [-0.39, 0.29) is 34.6 Å². The first kappa shape index (κ1) is 24.3. The molecule has 3 heterocycles. The third-order valence-corrected chi connectivity index (χ3v) is 5.82. The molecular weight excluding hydrogens is 481 g/mol. The van der Waals surface area contributed by atoms with Crippen molar-refractivity contribution in [2.75, 3.05) is 5.32 Å². The maximum atomic E-state index is 14.2. The van der Waals surface area contributed by atoms with Gasteiger partial charge in [0, 0.05) is 40.5 Å². The lowest BCUT2D eigenvalue weighted by atomic mass is 10.1. The van der Waals surface area contributed by atoms with Gasteiger partial charge in [0.25, 0.3) is 0 Å². The van der Waals surface area contributed by atoms with Gasteiger partial charge in [-0.15, -0.1) is 16.4 Å². The summed E-state index contributed by atoms with van der Waals surface area (Å²) in [7, 11) is 0. The summed E-state index contributed by atoms with van der Waals surface area (Å²) in [6, 6.07) is 10.2. The van der Waals surface area contributed by atoms with Gasteiger partial charge < -0.3 is 15.2 Å². The number of hydrogen-bond donors (Lipinski definition) is 2. The lowest BCUT2D eigenvalue weighted by Crippen LogP contribution is -2.08. The number of carboxylic acid groups (broad SMARTS) is 1. The molecule has 4 rings (SSSR count). The number of carboxylic acids is 1. The highest BCUT2D eigenvalue weighted by Gasteiger charge is 2.18. The molecule has 0 amide bonds. The highest BCUT2D eigenvalue weighted by molar-refractivity contribution is 7.13. The summed E-state index contributed by atoms with van der Waals surface area (Å²) in [6.45, 7) is 0.857. The van der Waals surface area contributed by atoms with Crippen LogP contribution in [0.4, 0.5) is 24.8 Å². The Labute approximate surface area is 202 Å². The van der Waals surface area contributed by atoms with Gasteiger partial charge in [-0.25, -0.2) is 18.9 Å². The van der Waals surface area contributed by atoms with E-state index in [0.717, 1.165) is 17.0 Å². The number of halogens is 3. The number of thiophene rings is 1. The molecule has 3 aromatic heterocycles. The molecule has 0 aliphatic rings. The van der Waals surface area contributed by atoms with Gasteiger partial charge in [0.1, 0.15) is 22.9 Å². The fourth-order valence-electron chi connectivity index (χ4n) is 3.54. The summed E-state index contributed by atoms with van der Waals surface area (Å²) in [6.07, 6.45) is 2.10. The number of ether oxygens (including phenoxy) is 1. The Morgan fingerprint density at radius 1 is 1.23 bits per heavy atom. The molecular formula is C24H21F3N4O3S. The van der Waals surface area contributed by atoms with Crippen LogP contribution in [0, 0.1) is 11.7 Å². The lowest BCUT2D eigenvalue weighted by molar-refractivity contribution is -0.0500.